The highest BCUT2D eigenvalue weighted by atomic mass is 32.2. The van der Waals surface area contributed by atoms with Gasteiger partial charge in [-0.1, -0.05) is 17.4 Å². The van der Waals surface area contributed by atoms with Crippen molar-refractivity contribution in [3.8, 4) is 5.75 Å². The number of thiazole rings is 1. The van der Waals surface area contributed by atoms with Gasteiger partial charge in [-0.15, -0.1) is 0 Å². The third-order valence-corrected chi connectivity index (χ3v) is 5.93. The van der Waals surface area contributed by atoms with E-state index in [4.69, 9.17) is 4.74 Å². The first-order valence-corrected chi connectivity index (χ1v) is 10.0. The van der Waals surface area contributed by atoms with Crippen molar-refractivity contribution in [1.82, 2.24) is 4.57 Å². The lowest BCUT2D eigenvalue weighted by atomic mass is 10.2. The zero-order valence-electron chi connectivity index (χ0n) is 13.9. The Morgan fingerprint density at radius 3 is 2.64 bits per heavy atom. The quantitative estimate of drug-likeness (QED) is 0.703. The minimum Gasteiger partial charge on any atom is -0.497 e. The second kappa shape index (κ2) is 6.45. The van der Waals surface area contributed by atoms with Crippen LogP contribution in [0, 0.1) is 0 Å². The molecule has 1 heterocycles. The molecule has 0 aliphatic rings. The Kier molecular flexibility index (Phi) is 4.49. The van der Waals surface area contributed by atoms with Crippen LogP contribution in [0.15, 0.2) is 52.4 Å². The molecule has 0 saturated carbocycles. The first-order chi connectivity index (χ1) is 11.8. The van der Waals surface area contributed by atoms with E-state index in [0.29, 0.717) is 4.80 Å². The molecule has 25 heavy (non-hydrogen) atoms. The molecule has 3 aromatic rings. The van der Waals surface area contributed by atoms with Crippen LogP contribution in [0.2, 0.25) is 0 Å². The lowest BCUT2D eigenvalue weighted by Crippen LogP contribution is -2.13. The molecule has 0 unspecified atom stereocenters. The van der Waals surface area contributed by atoms with Crippen LogP contribution in [0.5, 0.6) is 5.75 Å². The van der Waals surface area contributed by atoms with Gasteiger partial charge in [-0.25, -0.2) is 8.42 Å². The molecule has 0 atom stereocenters. The third-order valence-electron chi connectivity index (χ3n) is 3.72. The molecule has 8 heteroatoms. The number of nitrogens with zero attached hydrogens (tertiary/aromatic N) is 2. The maximum atomic E-state index is 12.5. The molecule has 0 aliphatic heterocycles. The fraction of sp³-hybridized carbons (Fsp3) is 0.176. The van der Waals surface area contributed by atoms with Gasteiger partial charge in [-0.3, -0.25) is 4.79 Å². The summed E-state index contributed by atoms with van der Waals surface area (Å²) in [5.41, 5.74) is 1.17. The minimum atomic E-state index is -3.38. The number of aryl methyl sites for hydroxylation is 1. The molecule has 0 fully saturated rings. The number of sulfone groups is 1. The first kappa shape index (κ1) is 17.4. The predicted octanol–water partition coefficient (Wildman–Crippen LogP) is 2.39. The molecular weight excluding hydrogens is 360 g/mol. The SMILES string of the molecule is COc1ccc2c(c1)sc(=NC(=O)c1cccc(S(C)(=O)=O)c1)n2C. The van der Waals surface area contributed by atoms with E-state index in [9.17, 15) is 13.2 Å². The molecule has 0 N–H and O–H groups in total. The van der Waals surface area contributed by atoms with Gasteiger partial charge in [0, 0.05) is 18.9 Å². The first-order valence-electron chi connectivity index (χ1n) is 7.32. The van der Waals surface area contributed by atoms with E-state index in [1.54, 1.807) is 13.2 Å². The zero-order valence-corrected chi connectivity index (χ0v) is 15.5. The summed E-state index contributed by atoms with van der Waals surface area (Å²) in [5, 5.41) is 0. The van der Waals surface area contributed by atoms with Crippen molar-refractivity contribution < 1.29 is 17.9 Å². The Labute approximate surface area is 148 Å². The molecule has 0 aliphatic carbocycles. The highest BCUT2D eigenvalue weighted by molar-refractivity contribution is 7.90. The fourth-order valence-corrected chi connectivity index (χ4v) is 4.07. The Hall–Kier alpha value is -2.45. The summed E-state index contributed by atoms with van der Waals surface area (Å²) in [7, 11) is 0.0409. The molecule has 3 rings (SSSR count). The summed E-state index contributed by atoms with van der Waals surface area (Å²) in [5.74, 6) is 0.243. The van der Waals surface area contributed by atoms with Crippen LogP contribution < -0.4 is 9.54 Å². The molecule has 2 aromatic carbocycles. The van der Waals surface area contributed by atoms with Crippen LogP contribution >= 0.6 is 11.3 Å². The Morgan fingerprint density at radius 2 is 1.96 bits per heavy atom. The topological polar surface area (TPSA) is 77.7 Å². The van der Waals surface area contributed by atoms with Crippen LogP contribution in [-0.2, 0) is 16.9 Å². The largest absolute Gasteiger partial charge is 0.497 e. The Morgan fingerprint density at radius 1 is 1.20 bits per heavy atom. The van der Waals surface area contributed by atoms with E-state index in [0.717, 1.165) is 22.2 Å². The number of aromatic nitrogens is 1. The van der Waals surface area contributed by atoms with E-state index in [2.05, 4.69) is 4.99 Å². The number of fused-ring (bicyclic) bond motifs is 1. The zero-order chi connectivity index (χ0) is 18.2. The predicted molar refractivity (Wildman–Crippen MR) is 96.8 cm³/mol. The van der Waals surface area contributed by atoms with Crippen molar-refractivity contribution in [3.05, 3.63) is 52.8 Å². The molecule has 6 nitrogen and oxygen atoms in total. The number of amides is 1. The van der Waals surface area contributed by atoms with E-state index in [-0.39, 0.29) is 10.5 Å². The van der Waals surface area contributed by atoms with Gasteiger partial charge in [0.2, 0.25) is 0 Å². The molecule has 1 amide bonds. The monoisotopic (exact) mass is 376 g/mol. The van der Waals surface area contributed by atoms with E-state index in [1.807, 2.05) is 29.8 Å². The minimum absolute atomic E-state index is 0.0963. The summed E-state index contributed by atoms with van der Waals surface area (Å²) < 4.78 is 31.3. The van der Waals surface area contributed by atoms with E-state index < -0.39 is 15.7 Å². The summed E-state index contributed by atoms with van der Waals surface area (Å²) >= 11 is 1.36. The Bertz CT molecular complexity index is 1140. The highest BCUT2D eigenvalue weighted by Gasteiger charge is 2.12. The van der Waals surface area contributed by atoms with Gasteiger partial charge in [-0.2, -0.15) is 4.99 Å². The molecule has 130 valence electrons. The highest BCUT2D eigenvalue weighted by Crippen LogP contribution is 2.22. The molecule has 0 radical (unpaired) electrons. The van der Waals surface area contributed by atoms with Crippen molar-refractivity contribution in [1.29, 1.82) is 0 Å². The number of carbonyl (C=O) groups excluding carboxylic acids is 1. The average molecular weight is 376 g/mol. The van der Waals surface area contributed by atoms with Gasteiger partial charge in [-0.05, 0) is 36.4 Å². The molecule has 0 saturated heterocycles. The molecule has 0 spiro atoms. The van der Waals surface area contributed by atoms with Crippen LogP contribution in [0.1, 0.15) is 10.4 Å². The second-order valence-electron chi connectivity index (χ2n) is 5.49. The van der Waals surface area contributed by atoms with Crippen LogP contribution in [0.4, 0.5) is 0 Å². The number of hydrogen-bond donors (Lipinski definition) is 0. The summed E-state index contributed by atoms with van der Waals surface area (Å²) in [6.07, 6.45) is 1.10. The van der Waals surface area contributed by atoms with Crippen molar-refractivity contribution >= 4 is 37.3 Å². The lowest BCUT2D eigenvalue weighted by molar-refractivity contribution is 0.0997. The van der Waals surface area contributed by atoms with Crippen molar-refractivity contribution in [2.45, 2.75) is 4.90 Å². The summed E-state index contributed by atoms with van der Waals surface area (Å²) in [4.78, 5) is 17.2. The summed E-state index contributed by atoms with van der Waals surface area (Å²) in [6, 6.07) is 11.5. The van der Waals surface area contributed by atoms with Crippen LogP contribution in [-0.4, -0.2) is 32.3 Å². The van der Waals surface area contributed by atoms with Crippen molar-refractivity contribution in [2.75, 3.05) is 13.4 Å². The average Bonchev–Trinajstić information content (AvgIpc) is 2.89. The van der Waals surface area contributed by atoms with E-state index >= 15 is 0 Å². The fourth-order valence-electron chi connectivity index (χ4n) is 2.36. The van der Waals surface area contributed by atoms with Gasteiger partial charge in [0.05, 0.1) is 22.2 Å². The maximum Gasteiger partial charge on any atom is 0.279 e. The summed E-state index contributed by atoms with van der Waals surface area (Å²) in [6.45, 7) is 0. The Balaban J connectivity index is 2.07. The number of rotatable bonds is 3. The number of ether oxygens (including phenoxy) is 1. The van der Waals surface area contributed by atoms with Crippen LogP contribution in [0.3, 0.4) is 0 Å². The van der Waals surface area contributed by atoms with Gasteiger partial charge >= 0.3 is 0 Å². The maximum absolute atomic E-state index is 12.5. The number of methoxy groups -OCH3 is 1. The number of benzene rings is 2. The standard InChI is InChI=1S/C17H16N2O4S2/c1-19-14-8-7-12(23-2)10-15(14)24-17(19)18-16(20)11-5-4-6-13(9-11)25(3,21)22/h4-10H,1-3H3. The lowest BCUT2D eigenvalue weighted by Gasteiger charge is -2.00. The van der Waals surface area contributed by atoms with Gasteiger partial charge in [0.25, 0.3) is 5.91 Å². The van der Waals surface area contributed by atoms with Gasteiger partial charge in [0.15, 0.2) is 14.6 Å². The van der Waals surface area contributed by atoms with Crippen LogP contribution in [0.25, 0.3) is 10.2 Å². The van der Waals surface area contributed by atoms with Gasteiger partial charge in [0.1, 0.15) is 5.75 Å². The molecule has 0 bridgehead atoms. The normalized spacial score (nSPS) is 12.5. The second-order valence-corrected chi connectivity index (χ2v) is 8.52. The third kappa shape index (κ3) is 3.49. The smallest absolute Gasteiger partial charge is 0.279 e. The molecule has 1 aromatic heterocycles. The molecular formula is C17H16N2O4S2. The van der Waals surface area contributed by atoms with Crippen molar-refractivity contribution in [3.63, 3.8) is 0 Å². The van der Waals surface area contributed by atoms with Gasteiger partial charge < -0.3 is 9.30 Å². The number of carbonyl (C=O) groups is 1. The van der Waals surface area contributed by atoms with Crippen molar-refractivity contribution in [2.24, 2.45) is 12.0 Å². The number of hydrogen-bond acceptors (Lipinski definition) is 5. The van der Waals surface area contributed by atoms with E-state index in [1.165, 1.54) is 29.5 Å².